The lowest BCUT2D eigenvalue weighted by molar-refractivity contribution is 0.0994. The molecule has 0 aliphatic heterocycles. The molecule has 1 aromatic heterocycles. The van der Waals surface area contributed by atoms with Gasteiger partial charge in [0, 0.05) is 29.9 Å². The Morgan fingerprint density at radius 2 is 2.00 bits per heavy atom. The summed E-state index contributed by atoms with van der Waals surface area (Å²) < 4.78 is 0. The molecular weight excluding hydrogens is 222 g/mol. The second-order valence-electron chi connectivity index (χ2n) is 4.58. The lowest BCUT2D eigenvalue weighted by Crippen LogP contribution is -2.03. The highest BCUT2D eigenvalue weighted by atomic mass is 16.1. The molecule has 0 saturated carbocycles. The van der Waals surface area contributed by atoms with Crippen LogP contribution in [0.3, 0.4) is 0 Å². The molecule has 0 unspecified atom stereocenters. The number of hydrogen-bond donors (Lipinski definition) is 0. The summed E-state index contributed by atoms with van der Waals surface area (Å²) in [5.41, 5.74) is 5.15. The molecule has 1 aromatic carbocycles. The number of hydrogen-bond acceptors (Lipinski definition) is 2. The van der Waals surface area contributed by atoms with E-state index in [4.69, 9.17) is 0 Å². The molecule has 3 rings (SSSR count). The summed E-state index contributed by atoms with van der Waals surface area (Å²) in [6.07, 6.45) is 8.14. The van der Waals surface area contributed by atoms with Gasteiger partial charge in [0.2, 0.25) is 0 Å². The van der Waals surface area contributed by atoms with E-state index in [0.29, 0.717) is 6.42 Å². The maximum absolute atomic E-state index is 11.7. The summed E-state index contributed by atoms with van der Waals surface area (Å²) in [6, 6.07) is 8.06. The van der Waals surface area contributed by atoms with Crippen LogP contribution < -0.4 is 0 Å². The number of rotatable bonds is 1. The Morgan fingerprint density at radius 3 is 2.83 bits per heavy atom. The Morgan fingerprint density at radius 1 is 1.11 bits per heavy atom. The zero-order valence-electron chi connectivity index (χ0n) is 10.2. The van der Waals surface area contributed by atoms with Gasteiger partial charge in [0.05, 0.1) is 0 Å². The molecule has 0 amide bonds. The third kappa shape index (κ3) is 1.86. The zero-order valence-corrected chi connectivity index (χ0v) is 10.2. The second-order valence-corrected chi connectivity index (χ2v) is 4.58. The third-order valence-corrected chi connectivity index (χ3v) is 3.16. The summed E-state index contributed by atoms with van der Waals surface area (Å²) in [5, 5.41) is 0. The average molecular weight is 235 g/mol. The average Bonchev–Trinajstić information content (AvgIpc) is 2.39. The van der Waals surface area contributed by atoms with Crippen molar-refractivity contribution in [1.82, 2.24) is 4.98 Å². The van der Waals surface area contributed by atoms with Gasteiger partial charge < -0.3 is 0 Å². The molecule has 0 N–H and O–H groups in total. The number of nitrogens with zero attached hydrogens (tertiary/aromatic N) is 1. The van der Waals surface area contributed by atoms with Crippen LogP contribution in [-0.4, -0.2) is 10.8 Å². The zero-order chi connectivity index (χ0) is 12.5. The second kappa shape index (κ2) is 4.22. The van der Waals surface area contributed by atoms with Crippen molar-refractivity contribution >= 4 is 11.9 Å². The van der Waals surface area contributed by atoms with Crippen molar-refractivity contribution in [1.29, 1.82) is 0 Å². The molecule has 0 radical (unpaired) electrons. The fourth-order valence-electron chi connectivity index (χ4n) is 2.25. The van der Waals surface area contributed by atoms with Crippen molar-refractivity contribution in [2.75, 3.05) is 0 Å². The third-order valence-electron chi connectivity index (χ3n) is 3.16. The number of fused-ring (bicyclic) bond motifs is 1. The van der Waals surface area contributed by atoms with E-state index in [2.05, 4.69) is 17.1 Å². The van der Waals surface area contributed by atoms with E-state index in [1.165, 1.54) is 0 Å². The maximum atomic E-state index is 11.7. The molecule has 18 heavy (non-hydrogen) atoms. The van der Waals surface area contributed by atoms with E-state index in [9.17, 15) is 4.79 Å². The van der Waals surface area contributed by atoms with Gasteiger partial charge in [0.1, 0.15) is 0 Å². The van der Waals surface area contributed by atoms with Crippen LogP contribution in [0.25, 0.3) is 17.2 Å². The van der Waals surface area contributed by atoms with Gasteiger partial charge in [-0.2, -0.15) is 0 Å². The van der Waals surface area contributed by atoms with Crippen LogP contribution in [0.4, 0.5) is 0 Å². The van der Waals surface area contributed by atoms with Crippen molar-refractivity contribution in [3.05, 3.63) is 59.4 Å². The smallest absolute Gasteiger partial charge is 0.167 e. The molecule has 1 aliphatic rings. The minimum Gasteiger partial charge on any atom is -0.294 e. The van der Waals surface area contributed by atoms with Gasteiger partial charge in [0.15, 0.2) is 5.78 Å². The Kier molecular flexibility index (Phi) is 2.56. The number of benzene rings is 1. The van der Waals surface area contributed by atoms with Crippen LogP contribution >= 0.6 is 0 Å². The highest BCUT2D eigenvalue weighted by Crippen LogP contribution is 2.26. The number of allylic oxidation sites excluding steroid dienone is 1. The Labute approximate surface area is 106 Å². The molecule has 0 fully saturated rings. The predicted octanol–water partition coefficient (Wildman–Crippen LogP) is 3.66. The molecule has 0 spiro atoms. The predicted molar refractivity (Wildman–Crippen MR) is 72.4 cm³/mol. The lowest BCUT2D eigenvalue weighted by atomic mass is 9.93. The maximum Gasteiger partial charge on any atom is 0.167 e. The number of pyridine rings is 1. The van der Waals surface area contributed by atoms with Crippen molar-refractivity contribution in [3.8, 4) is 11.1 Å². The molecule has 1 aliphatic carbocycles. The molecule has 0 bridgehead atoms. The molecule has 2 heteroatoms. The molecule has 2 aromatic rings. The van der Waals surface area contributed by atoms with Crippen LogP contribution in [0.5, 0.6) is 0 Å². The van der Waals surface area contributed by atoms with Crippen molar-refractivity contribution < 1.29 is 4.79 Å². The summed E-state index contributed by atoms with van der Waals surface area (Å²) >= 11 is 0. The Balaban J connectivity index is 2.11. The lowest BCUT2D eigenvalue weighted by Gasteiger charge is -2.11. The first-order chi connectivity index (χ1) is 8.74. The van der Waals surface area contributed by atoms with Crippen LogP contribution in [0, 0.1) is 6.92 Å². The minimum absolute atomic E-state index is 0.196. The number of carbonyl (C=O) groups excluding carboxylic acids is 1. The molecule has 0 saturated heterocycles. The quantitative estimate of drug-likeness (QED) is 0.755. The standard InChI is InChI=1S/C16H13NO/c1-11-7-14(10-17-9-11)12-5-6-15-13(8-12)3-2-4-16(15)18/h2-3,5-10H,4H2,1H3. The number of ketones is 1. The fraction of sp³-hybridized carbons (Fsp3) is 0.125. The highest BCUT2D eigenvalue weighted by molar-refractivity contribution is 6.03. The van der Waals surface area contributed by atoms with Gasteiger partial charge in [-0.15, -0.1) is 0 Å². The van der Waals surface area contributed by atoms with E-state index in [1.54, 1.807) is 0 Å². The first-order valence-electron chi connectivity index (χ1n) is 6.00. The van der Waals surface area contributed by atoms with E-state index in [1.807, 2.05) is 43.6 Å². The molecular formula is C16H13NO. The molecule has 2 nitrogen and oxygen atoms in total. The first kappa shape index (κ1) is 10.9. The van der Waals surface area contributed by atoms with Gasteiger partial charge in [-0.25, -0.2) is 0 Å². The Bertz CT molecular complexity index is 656. The van der Waals surface area contributed by atoms with E-state index in [-0.39, 0.29) is 5.78 Å². The van der Waals surface area contributed by atoms with Gasteiger partial charge in [-0.05, 0) is 35.7 Å². The monoisotopic (exact) mass is 235 g/mol. The van der Waals surface area contributed by atoms with Gasteiger partial charge >= 0.3 is 0 Å². The Hall–Kier alpha value is -2.22. The van der Waals surface area contributed by atoms with E-state index in [0.717, 1.165) is 27.8 Å². The van der Waals surface area contributed by atoms with E-state index < -0.39 is 0 Å². The van der Waals surface area contributed by atoms with Gasteiger partial charge in [-0.1, -0.05) is 24.3 Å². The van der Waals surface area contributed by atoms with Crippen molar-refractivity contribution in [3.63, 3.8) is 0 Å². The summed E-state index contributed by atoms with van der Waals surface area (Å²) in [5.74, 6) is 0.196. The topological polar surface area (TPSA) is 30.0 Å². The van der Waals surface area contributed by atoms with Crippen LogP contribution in [0.2, 0.25) is 0 Å². The van der Waals surface area contributed by atoms with Gasteiger partial charge in [0.25, 0.3) is 0 Å². The number of aryl methyl sites for hydroxylation is 1. The van der Waals surface area contributed by atoms with Crippen molar-refractivity contribution in [2.45, 2.75) is 13.3 Å². The largest absolute Gasteiger partial charge is 0.294 e. The normalized spacial score (nSPS) is 13.5. The summed E-state index contributed by atoms with van der Waals surface area (Å²) in [6.45, 7) is 2.03. The molecule has 0 atom stereocenters. The molecule has 1 heterocycles. The fourth-order valence-corrected chi connectivity index (χ4v) is 2.25. The van der Waals surface area contributed by atoms with Crippen LogP contribution in [0.1, 0.15) is 27.9 Å². The number of Topliss-reactive ketones (excluding diaryl/α,β-unsaturated/α-hetero) is 1. The SMILES string of the molecule is Cc1cncc(-c2ccc3c(c2)C=CCC3=O)c1. The van der Waals surface area contributed by atoms with Crippen molar-refractivity contribution in [2.24, 2.45) is 0 Å². The minimum atomic E-state index is 0.196. The van der Waals surface area contributed by atoms with Gasteiger partial charge in [-0.3, -0.25) is 9.78 Å². The summed E-state index contributed by atoms with van der Waals surface area (Å²) in [4.78, 5) is 15.9. The first-order valence-corrected chi connectivity index (χ1v) is 6.00. The number of carbonyl (C=O) groups is 1. The number of aromatic nitrogens is 1. The van der Waals surface area contributed by atoms with E-state index >= 15 is 0 Å². The highest BCUT2D eigenvalue weighted by Gasteiger charge is 2.13. The van der Waals surface area contributed by atoms with Crippen LogP contribution in [-0.2, 0) is 0 Å². The molecule has 88 valence electrons. The van der Waals surface area contributed by atoms with Crippen LogP contribution in [0.15, 0.2) is 42.7 Å². The summed E-state index contributed by atoms with van der Waals surface area (Å²) in [7, 11) is 0.